The van der Waals surface area contributed by atoms with Gasteiger partial charge in [-0.3, -0.25) is 0 Å². The van der Waals surface area contributed by atoms with E-state index in [9.17, 15) is 4.39 Å². The van der Waals surface area contributed by atoms with Gasteiger partial charge < -0.3 is 5.73 Å². The van der Waals surface area contributed by atoms with Crippen LogP contribution in [0.1, 0.15) is 29.8 Å². The van der Waals surface area contributed by atoms with Crippen LogP contribution in [0.3, 0.4) is 0 Å². The summed E-state index contributed by atoms with van der Waals surface area (Å²) >= 11 is 1.20. The molecule has 14 heavy (non-hydrogen) atoms. The minimum atomic E-state index is -0.953. The third kappa shape index (κ3) is 0.775. The number of hydrogen-bond acceptors (Lipinski definition) is 4. The Hall–Kier alpha value is -1.15. The molecule has 2 bridgehead atoms. The molecule has 3 fully saturated rings. The zero-order valence-electron chi connectivity index (χ0n) is 7.38. The van der Waals surface area contributed by atoms with Crippen LogP contribution in [0.2, 0.25) is 0 Å². The van der Waals surface area contributed by atoms with E-state index in [2.05, 4.69) is 11.1 Å². The highest BCUT2D eigenvalue weighted by molar-refractivity contribution is 7.16. The topological polar surface area (TPSA) is 62.7 Å². The summed E-state index contributed by atoms with van der Waals surface area (Å²) in [6.07, 6.45) is 1.58. The molecule has 1 aromatic heterocycles. The summed E-state index contributed by atoms with van der Waals surface area (Å²) in [6, 6.07) is 2.08. The average molecular weight is 209 g/mol. The normalized spacial score (nSPS) is 38.3. The number of aromatic nitrogens is 1. The Morgan fingerprint density at radius 3 is 2.64 bits per heavy atom. The smallest absolute Gasteiger partial charge is 0.181 e. The number of nitriles is 1. The van der Waals surface area contributed by atoms with Crippen molar-refractivity contribution in [2.75, 3.05) is 5.73 Å². The van der Waals surface area contributed by atoms with Crippen molar-refractivity contribution >= 4 is 16.5 Å². The van der Waals surface area contributed by atoms with Gasteiger partial charge in [0, 0.05) is 5.41 Å². The van der Waals surface area contributed by atoms with E-state index in [0.717, 1.165) is 5.69 Å². The molecule has 72 valence electrons. The zero-order chi connectivity index (χ0) is 9.97. The predicted octanol–water partition coefficient (Wildman–Crippen LogP) is 1.74. The molecule has 3 aliphatic rings. The van der Waals surface area contributed by atoms with E-state index in [0.29, 0.717) is 29.3 Å². The van der Waals surface area contributed by atoms with Crippen LogP contribution in [0, 0.1) is 11.3 Å². The second kappa shape index (κ2) is 2.09. The van der Waals surface area contributed by atoms with E-state index in [4.69, 9.17) is 11.0 Å². The van der Waals surface area contributed by atoms with Crippen molar-refractivity contribution in [3.05, 3.63) is 10.6 Å². The van der Waals surface area contributed by atoms with Crippen LogP contribution in [-0.4, -0.2) is 10.7 Å². The minimum absolute atomic E-state index is 0.145. The first-order chi connectivity index (χ1) is 6.57. The van der Waals surface area contributed by atoms with Crippen molar-refractivity contribution in [2.45, 2.75) is 30.3 Å². The van der Waals surface area contributed by atoms with Crippen molar-refractivity contribution in [1.29, 1.82) is 5.26 Å². The van der Waals surface area contributed by atoms with Crippen molar-refractivity contribution in [1.82, 2.24) is 4.98 Å². The van der Waals surface area contributed by atoms with E-state index in [1.165, 1.54) is 11.3 Å². The summed E-state index contributed by atoms with van der Waals surface area (Å²) in [4.78, 5) is 4.71. The lowest BCUT2D eigenvalue weighted by Gasteiger charge is -2.65. The Bertz CT molecular complexity index is 439. The highest BCUT2D eigenvalue weighted by Crippen LogP contribution is 2.70. The van der Waals surface area contributed by atoms with Gasteiger partial charge in [0.15, 0.2) is 5.13 Å². The SMILES string of the molecule is N#Cc1sc(N)nc1C12CC(F)(C1)C2. The number of thiazole rings is 1. The molecule has 1 aromatic rings. The number of anilines is 1. The second-order valence-corrected chi connectivity index (χ2v) is 5.33. The number of nitrogen functional groups attached to an aromatic ring is 1. The molecule has 4 rings (SSSR count). The molecule has 0 unspecified atom stereocenters. The van der Waals surface area contributed by atoms with Crippen molar-refractivity contribution in [2.24, 2.45) is 0 Å². The Labute approximate surface area is 84.4 Å². The lowest BCUT2D eigenvalue weighted by atomic mass is 9.41. The van der Waals surface area contributed by atoms with E-state index >= 15 is 0 Å². The number of rotatable bonds is 1. The third-order valence-corrected chi connectivity index (χ3v) is 4.00. The summed E-state index contributed by atoms with van der Waals surface area (Å²) < 4.78 is 13.3. The highest BCUT2D eigenvalue weighted by atomic mass is 32.1. The molecule has 1 heterocycles. The van der Waals surface area contributed by atoms with Crippen molar-refractivity contribution < 1.29 is 4.39 Å². The number of alkyl halides is 1. The van der Waals surface area contributed by atoms with Crippen LogP contribution in [0.4, 0.5) is 9.52 Å². The van der Waals surface area contributed by atoms with Crippen LogP contribution >= 0.6 is 11.3 Å². The highest BCUT2D eigenvalue weighted by Gasteiger charge is 2.71. The Balaban J connectivity index is 2.02. The fourth-order valence-corrected chi connectivity index (χ4v) is 3.44. The molecule has 0 aliphatic heterocycles. The maximum Gasteiger partial charge on any atom is 0.181 e. The molecule has 5 heteroatoms. The summed E-state index contributed by atoms with van der Waals surface area (Å²) in [6.45, 7) is 0. The van der Waals surface area contributed by atoms with Gasteiger partial charge in [-0.1, -0.05) is 11.3 Å². The van der Waals surface area contributed by atoms with E-state index in [-0.39, 0.29) is 5.41 Å². The van der Waals surface area contributed by atoms with Gasteiger partial charge >= 0.3 is 0 Å². The van der Waals surface area contributed by atoms with Gasteiger partial charge in [-0.05, 0) is 19.3 Å². The Morgan fingerprint density at radius 2 is 2.14 bits per heavy atom. The molecule has 2 N–H and O–H groups in total. The fraction of sp³-hybridized carbons (Fsp3) is 0.556. The Kier molecular flexibility index (Phi) is 1.22. The number of nitrogens with two attached hydrogens (primary N) is 1. The maximum absolute atomic E-state index is 13.3. The summed E-state index contributed by atoms with van der Waals surface area (Å²) in [5.74, 6) is 0. The molecule has 0 aromatic carbocycles. The summed E-state index contributed by atoms with van der Waals surface area (Å²) in [5, 5.41) is 9.28. The van der Waals surface area contributed by atoms with Gasteiger partial charge in [-0.2, -0.15) is 5.26 Å². The average Bonchev–Trinajstić information content (AvgIpc) is 2.39. The minimum Gasteiger partial charge on any atom is -0.375 e. The van der Waals surface area contributed by atoms with Crippen molar-refractivity contribution in [3.8, 4) is 6.07 Å². The molecule has 3 saturated carbocycles. The first-order valence-corrected chi connectivity index (χ1v) is 5.24. The standard InChI is InChI=1S/C9H8FN3S/c10-9-2-8(3-9,4-9)6-5(1-11)14-7(12)13-6/h2-4H2,(H2,12,13). The first kappa shape index (κ1) is 8.18. The van der Waals surface area contributed by atoms with Gasteiger partial charge in [0.05, 0.1) is 5.69 Å². The predicted molar refractivity (Wildman–Crippen MR) is 50.6 cm³/mol. The number of hydrogen-bond donors (Lipinski definition) is 1. The van der Waals surface area contributed by atoms with Crippen molar-refractivity contribution in [3.63, 3.8) is 0 Å². The zero-order valence-corrected chi connectivity index (χ0v) is 8.20. The van der Waals surface area contributed by atoms with E-state index in [1.54, 1.807) is 0 Å². The lowest BCUT2D eigenvalue weighted by Crippen LogP contribution is -2.67. The number of nitrogens with zero attached hydrogens (tertiary/aromatic N) is 2. The lowest BCUT2D eigenvalue weighted by molar-refractivity contribution is -0.159. The molecule has 0 atom stereocenters. The molecular weight excluding hydrogens is 201 g/mol. The third-order valence-electron chi connectivity index (χ3n) is 3.21. The second-order valence-electron chi connectivity index (χ2n) is 4.30. The molecular formula is C9H8FN3S. The molecule has 0 radical (unpaired) electrons. The number of halogens is 1. The Morgan fingerprint density at radius 1 is 1.50 bits per heavy atom. The van der Waals surface area contributed by atoms with Crippen LogP contribution in [-0.2, 0) is 5.41 Å². The summed E-state index contributed by atoms with van der Waals surface area (Å²) in [7, 11) is 0. The molecule has 3 nitrogen and oxygen atoms in total. The van der Waals surface area contributed by atoms with E-state index in [1.807, 2.05) is 0 Å². The van der Waals surface area contributed by atoms with Gasteiger partial charge in [0.25, 0.3) is 0 Å². The van der Waals surface area contributed by atoms with Gasteiger partial charge in [0.1, 0.15) is 16.6 Å². The van der Waals surface area contributed by atoms with Crippen LogP contribution in [0.25, 0.3) is 0 Å². The van der Waals surface area contributed by atoms with E-state index < -0.39 is 5.67 Å². The maximum atomic E-state index is 13.3. The molecule has 0 saturated heterocycles. The van der Waals surface area contributed by atoms with Crippen LogP contribution in [0.15, 0.2) is 0 Å². The van der Waals surface area contributed by atoms with Gasteiger partial charge in [0.2, 0.25) is 0 Å². The van der Waals surface area contributed by atoms with Gasteiger partial charge in [-0.25, -0.2) is 9.37 Å². The molecule has 0 spiro atoms. The quantitative estimate of drug-likeness (QED) is 0.766. The van der Waals surface area contributed by atoms with Crippen LogP contribution < -0.4 is 5.73 Å². The van der Waals surface area contributed by atoms with Crippen LogP contribution in [0.5, 0.6) is 0 Å². The largest absolute Gasteiger partial charge is 0.375 e. The monoisotopic (exact) mass is 209 g/mol. The molecule has 0 amide bonds. The fourth-order valence-electron chi connectivity index (χ4n) is 2.69. The summed E-state index contributed by atoms with van der Waals surface area (Å²) in [5.41, 5.74) is 5.18. The van der Waals surface area contributed by atoms with Gasteiger partial charge in [-0.15, -0.1) is 0 Å². The first-order valence-electron chi connectivity index (χ1n) is 4.43. The molecule has 3 aliphatic carbocycles.